The molecule has 0 saturated carbocycles. The number of carboxylic acids is 1. The normalized spacial score (nSPS) is 11.8. The number of carbonyl (C=O) groups is 1. The third-order valence-electron chi connectivity index (χ3n) is 2.62. The van der Waals surface area contributed by atoms with Crippen molar-refractivity contribution >= 4 is 16.0 Å². The molecule has 0 spiro atoms. The lowest BCUT2D eigenvalue weighted by atomic mass is 10.2. The standard InChI is InChI=1S/C12H16FNO5S/c1-9-3-4-10(13)7-11(9)20(17,18)14(5-6-19-2)8-12(15)16/h3-4,7H,5-6,8H2,1-2H3,(H,15,16). The number of hydrogen-bond donors (Lipinski definition) is 1. The van der Waals surface area contributed by atoms with Gasteiger partial charge in [0.1, 0.15) is 12.4 Å². The zero-order chi connectivity index (χ0) is 15.3. The number of carboxylic acid groups (broad SMARTS) is 1. The van der Waals surface area contributed by atoms with E-state index < -0.39 is 28.4 Å². The highest BCUT2D eigenvalue weighted by molar-refractivity contribution is 7.89. The van der Waals surface area contributed by atoms with Crippen LogP contribution in [0.3, 0.4) is 0 Å². The van der Waals surface area contributed by atoms with Gasteiger partial charge in [-0.3, -0.25) is 4.79 Å². The van der Waals surface area contributed by atoms with Gasteiger partial charge in [0, 0.05) is 13.7 Å². The Morgan fingerprint density at radius 1 is 1.45 bits per heavy atom. The molecule has 112 valence electrons. The summed E-state index contributed by atoms with van der Waals surface area (Å²) in [6.07, 6.45) is 0. The van der Waals surface area contributed by atoms with Crippen molar-refractivity contribution in [3.8, 4) is 0 Å². The predicted octanol–water partition coefficient (Wildman–Crippen LogP) is 0.856. The molecule has 0 atom stereocenters. The molecule has 0 aliphatic carbocycles. The molecule has 8 heteroatoms. The van der Waals surface area contributed by atoms with Gasteiger partial charge in [-0.15, -0.1) is 0 Å². The zero-order valence-electron chi connectivity index (χ0n) is 11.2. The molecular weight excluding hydrogens is 289 g/mol. The van der Waals surface area contributed by atoms with E-state index in [0.29, 0.717) is 5.56 Å². The van der Waals surface area contributed by atoms with E-state index in [1.807, 2.05) is 0 Å². The van der Waals surface area contributed by atoms with Gasteiger partial charge in [-0.1, -0.05) is 6.07 Å². The molecule has 1 N–H and O–H groups in total. The van der Waals surface area contributed by atoms with Gasteiger partial charge in [-0.25, -0.2) is 12.8 Å². The van der Waals surface area contributed by atoms with Crippen molar-refractivity contribution in [2.75, 3.05) is 26.8 Å². The highest BCUT2D eigenvalue weighted by atomic mass is 32.2. The molecule has 6 nitrogen and oxygen atoms in total. The highest BCUT2D eigenvalue weighted by Crippen LogP contribution is 2.20. The van der Waals surface area contributed by atoms with Crippen molar-refractivity contribution in [2.24, 2.45) is 0 Å². The fourth-order valence-corrected chi connectivity index (χ4v) is 3.23. The van der Waals surface area contributed by atoms with E-state index in [0.717, 1.165) is 16.4 Å². The van der Waals surface area contributed by atoms with E-state index >= 15 is 0 Å². The van der Waals surface area contributed by atoms with Gasteiger partial charge in [0.2, 0.25) is 10.0 Å². The molecular formula is C12H16FNO5S. The first-order chi connectivity index (χ1) is 9.28. The number of aliphatic carboxylic acids is 1. The molecule has 0 bridgehead atoms. The average molecular weight is 305 g/mol. The topological polar surface area (TPSA) is 83.9 Å². The Morgan fingerprint density at radius 3 is 2.65 bits per heavy atom. The maximum absolute atomic E-state index is 13.2. The van der Waals surface area contributed by atoms with Crippen molar-refractivity contribution in [3.63, 3.8) is 0 Å². The van der Waals surface area contributed by atoms with Crippen LogP contribution in [0.1, 0.15) is 5.56 Å². The number of methoxy groups -OCH3 is 1. The number of halogens is 1. The lowest BCUT2D eigenvalue weighted by molar-refractivity contribution is -0.137. The Bertz CT molecular complexity index is 588. The molecule has 0 saturated heterocycles. The van der Waals surface area contributed by atoms with Crippen molar-refractivity contribution in [1.82, 2.24) is 4.31 Å². The molecule has 0 unspecified atom stereocenters. The summed E-state index contributed by atoms with van der Waals surface area (Å²) in [6.45, 7) is 0.727. The third-order valence-corrected chi connectivity index (χ3v) is 4.61. The largest absolute Gasteiger partial charge is 0.480 e. The van der Waals surface area contributed by atoms with Crippen LogP contribution in [0.4, 0.5) is 4.39 Å². The molecule has 0 fully saturated rings. The summed E-state index contributed by atoms with van der Waals surface area (Å²) in [5.41, 5.74) is 0.346. The molecule has 20 heavy (non-hydrogen) atoms. The van der Waals surface area contributed by atoms with Gasteiger partial charge in [0.25, 0.3) is 0 Å². The smallest absolute Gasteiger partial charge is 0.318 e. The number of rotatable bonds is 7. The second kappa shape index (κ2) is 6.78. The van der Waals surface area contributed by atoms with E-state index in [-0.39, 0.29) is 18.0 Å². The predicted molar refractivity (Wildman–Crippen MR) is 69.4 cm³/mol. The fourth-order valence-electron chi connectivity index (χ4n) is 1.62. The number of aryl methyl sites for hydroxylation is 1. The van der Waals surface area contributed by atoms with Gasteiger partial charge < -0.3 is 9.84 Å². The van der Waals surface area contributed by atoms with E-state index in [9.17, 15) is 17.6 Å². The first-order valence-corrected chi connectivity index (χ1v) is 7.20. The van der Waals surface area contributed by atoms with Gasteiger partial charge in [-0.2, -0.15) is 4.31 Å². The average Bonchev–Trinajstić information content (AvgIpc) is 2.36. The summed E-state index contributed by atoms with van der Waals surface area (Å²) in [6, 6.07) is 3.36. The molecule has 0 amide bonds. The minimum absolute atomic E-state index is 0.0425. The monoisotopic (exact) mass is 305 g/mol. The summed E-state index contributed by atoms with van der Waals surface area (Å²) in [5, 5.41) is 8.80. The van der Waals surface area contributed by atoms with Gasteiger partial charge in [0.15, 0.2) is 0 Å². The molecule has 1 rings (SSSR count). The fraction of sp³-hybridized carbons (Fsp3) is 0.417. The second-order valence-electron chi connectivity index (χ2n) is 4.13. The molecule has 1 aromatic rings. The maximum atomic E-state index is 13.2. The van der Waals surface area contributed by atoms with Crippen LogP contribution in [0.2, 0.25) is 0 Å². The molecule has 0 aliphatic rings. The Morgan fingerprint density at radius 2 is 2.10 bits per heavy atom. The molecule has 0 radical (unpaired) electrons. The van der Waals surface area contributed by atoms with E-state index in [2.05, 4.69) is 0 Å². The minimum atomic E-state index is -4.09. The van der Waals surface area contributed by atoms with Crippen LogP contribution in [0.25, 0.3) is 0 Å². The quantitative estimate of drug-likeness (QED) is 0.807. The Labute approximate surface area is 116 Å². The van der Waals surface area contributed by atoms with Crippen LogP contribution in [0.15, 0.2) is 23.1 Å². The lowest BCUT2D eigenvalue weighted by Crippen LogP contribution is -2.38. The van der Waals surface area contributed by atoms with Gasteiger partial charge in [0.05, 0.1) is 11.5 Å². The summed E-state index contributed by atoms with van der Waals surface area (Å²) >= 11 is 0. The van der Waals surface area contributed by atoms with Crippen LogP contribution in [0.5, 0.6) is 0 Å². The van der Waals surface area contributed by atoms with Crippen molar-refractivity contribution in [1.29, 1.82) is 0 Å². The Kier molecular flexibility index (Phi) is 5.61. The number of sulfonamides is 1. The summed E-state index contributed by atoms with van der Waals surface area (Å²) in [7, 11) is -2.72. The van der Waals surface area contributed by atoms with Crippen molar-refractivity contribution in [2.45, 2.75) is 11.8 Å². The SMILES string of the molecule is COCCN(CC(=O)O)S(=O)(=O)c1cc(F)ccc1C. The number of benzene rings is 1. The van der Waals surface area contributed by atoms with Gasteiger partial charge >= 0.3 is 5.97 Å². The summed E-state index contributed by atoms with van der Waals surface area (Å²) in [4.78, 5) is 10.5. The van der Waals surface area contributed by atoms with Crippen LogP contribution in [0, 0.1) is 12.7 Å². The third kappa shape index (κ3) is 3.99. The van der Waals surface area contributed by atoms with Crippen LogP contribution < -0.4 is 0 Å². The first kappa shape index (κ1) is 16.5. The lowest BCUT2D eigenvalue weighted by Gasteiger charge is -2.21. The molecule has 0 aliphatic heterocycles. The summed E-state index contributed by atoms with van der Waals surface area (Å²) in [5.74, 6) is -1.99. The number of nitrogens with zero attached hydrogens (tertiary/aromatic N) is 1. The van der Waals surface area contributed by atoms with E-state index in [1.54, 1.807) is 0 Å². The van der Waals surface area contributed by atoms with Crippen LogP contribution in [-0.4, -0.2) is 50.6 Å². The van der Waals surface area contributed by atoms with Crippen LogP contribution in [-0.2, 0) is 19.6 Å². The number of hydrogen-bond acceptors (Lipinski definition) is 4. The Hall–Kier alpha value is -1.51. The minimum Gasteiger partial charge on any atom is -0.480 e. The Balaban J connectivity index is 3.20. The number of ether oxygens (including phenoxy) is 1. The van der Waals surface area contributed by atoms with Gasteiger partial charge in [-0.05, 0) is 24.6 Å². The molecule has 0 heterocycles. The van der Waals surface area contributed by atoms with Crippen molar-refractivity contribution < 1.29 is 27.4 Å². The molecule has 0 aromatic heterocycles. The second-order valence-corrected chi connectivity index (χ2v) is 6.04. The van der Waals surface area contributed by atoms with E-state index in [1.165, 1.54) is 20.1 Å². The zero-order valence-corrected chi connectivity index (χ0v) is 12.0. The highest BCUT2D eigenvalue weighted by Gasteiger charge is 2.28. The molecule has 1 aromatic carbocycles. The van der Waals surface area contributed by atoms with Crippen molar-refractivity contribution in [3.05, 3.63) is 29.6 Å². The first-order valence-electron chi connectivity index (χ1n) is 5.76. The summed E-state index contributed by atoms with van der Waals surface area (Å²) < 4.78 is 43.5. The van der Waals surface area contributed by atoms with Crippen LogP contribution >= 0.6 is 0 Å². The van der Waals surface area contributed by atoms with E-state index in [4.69, 9.17) is 9.84 Å². The maximum Gasteiger partial charge on any atom is 0.318 e.